The fraction of sp³-hybridized carbons (Fsp3) is 0.421. The van der Waals surface area contributed by atoms with Gasteiger partial charge in [-0.05, 0) is 45.9 Å². The van der Waals surface area contributed by atoms with Crippen molar-refractivity contribution in [3.8, 4) is 11.5 Å². The van der Waals surface area contributed by atoms with Gasteiger partial charge in [-0.25, -0.2) is 9.97 Å². The second-order valence-corrected chi connectivity index (χ2v) is 6.76. The first-order chi connectivity index (χ1) is 11.8. The first-order valence-electron chi connectivity index (χ1n) is 8.07. The summed E-state index contributed by atoms with van der Waals surface area (Å²) in [6, 6.07) is 5.57. The number of hydrogen-bond acceptors (Lipinski definition) is 5. The molecule has 0 N–H and O–H groups in total. The van der Waals surface area contributed by atoms with Gasteiger partial charge in [-0.1, -0.05) is 0 Å². The third kappa shape index (κ3) is 4.26. The summed E-state index contributed by atoms with van der Waals surface area (Å²) in [6.45, 7) is 8.18. The number of hydrogen-bond donors (Lipinski definition) is 0. The minimum absolute atomic E-state index is 0.115. The fourth-order valence-electron chi connectivity index (χ4n) is 2.54. The summed E-state index contributed by atoms with van der Waals surface area (Å²) >= 11 is 0. The Morgan fingerprint density at radius 2 is 1.92 bits per heavy atom. The number of carbonyl (C=O) groups is 1. The highest BCUT2D eigenvalue weighted by Gasteiger charge is 2.29. The van der Waals surface area contributed by atoms with E-state index in [9.17, 15) is 4.79 Å². The van der Waals surface area contributed by atoms with Crippen molar-refractivity contribution in [2.24, 2.45) is 0 Å². The largest absolute Gasteiger partial charge is 0.497 e. The standard InChI is InChI=1S/C19H25N3O3/c1-13-16(10-20-12-21-13)18(23)22(19(2,3)4)11-14-9-15(24-5)7-8-17(14)25-6/h7-10,12H,11H2,1-6H3. The van der Waals surface area contributed by atoms with Crippen LogP contribution < -0.4 is 9.47 Å². The highest BCUT2D eigenvalue weighted by atomic mass is 16.5. The van der Waals surface area contributed by atoms with Gasteiger partial charge in [-0.15, -0.1) is 0 Å². The third-order valence-corrected chi connectivity index (χ3v) is 4.01. The zero-order chi connectivity index (χ0) is 18.6. The Labute approximate surface area is 148 Å². The Balaban J connectivity index is 2.43. The average molecular weight is 343 g/mol. The summed E-state index contributed by atoms with van der Waals surface area (Å²) in [5.74, 6) is 1.32. The van der Waals surface area contributed by atoms with Gasteiger partial charge < -0.3 is 14.4 Å². The molecule has 25 heavy (non-hydrogen) atoms. The predicted molar refractivity (Wildman–Crippen MR) is 95.9 cm³/mol. The Morgan fingerprint density at radius 3 is 2.48 bits per heavy atom. The summed E-state index contributed by atoms with van der Waals surface area (Å²) in [5, 5.41) is 0. The van der Waals surface area contributed by atoms with Crippen molar-refractivity contribution in [2.75, 3.05) is 14.2 Å². The summed E-state index contributed by atoms with van der Waals surface area (Å²) < 4.78 is 10.8. The van der Waals surface area contributed by atoms with Gasteiger partial charge in [-0.3, -0.25) is 4.79 Å². The lowest BCUT2D eigenvalue weighted by atomic mass is 10.0. The van der Waals surface area contributed by atoms with E-state index in [0.717, 1.165) is 11.3 Å². The van der Waals surface area contributed by atoms with Crippen molar-refractivity contribution in [1.82, 2.24) is 14.9 Å². The number of ether oxygens (including phenoxy) is 2. The van der Waals surface area contributed by atoms with Crippen molar-refractivity contribution < 1.29 is 14.3 Å². The van der Waals surface area contributed by atoms with Crippen molar-refractivity contribution in [3.63, 3.8) is 0 Å². The first kappa shape index (κ1) is 18.7. The Hall–Kier alpha value is -2.63. The van der Waals surface area contributed by atoms with Gasteiger partial charge >= 0.3 is 0 Å². The molecule has 1 amide bonds. The smallest absolute Gasteiger partial charge is 0.258 e. The normalized spacial score (nSPS) is 11.1. The van der Waals surface area contributed by atoms with Gasteiger partial charge in [0, 0.05) is 17.3 Å². The van der Waals surface area contributed by atoms with Crippen LogP contribution >= 0.6 is 0 Å². The number of nitrogens with zero attached hydrogens (tertiary/aromatic N) is 3. The second-order valence-electron chi connectivity index (χ2n) is 6.76. The number of aryl methyl sites for hydroxylation is 1. The Morgan fingerprint density at radius 1 is 1.20 bits per heavy atom. The van der Waals surface area contributed by atoms with E-state index in [0.29, 0.717) is 23.6 Å². The maximum Gasteiger partial charge on any atom is 0.258 e. The van der Waals surface area contributed by atoms with Crippen LogP contribution in [0.15, 0.2) is 30.7 Å². The highest BCUT2D eigenvalue weighted by molar-refractivity contribution is 5.95. The van der Waals surface area contributed by atoms with Gasteiger partial charge in [-0.2, -0.15) is 0 Å². The number of methoxy groups -OCH3 is 2. The SMILES string of the molecule is COc1ccc(OC)c(CN(C(=O)c2cncnc2C)C(C)(C)C)c1. The molecule has 0 aliphatic carbocycles. The molecular weight excluding hydrogens is 318 g/mol. The molecule has 0 saturated heterocycles. The number of benzene rings is 1. The van der Waals surface area contributed by atoms with Crippen LogP contribution in [0.2, 0.25) is 0 Å². The minimum atomic E-state index is -0.395. The summed E-state index contributed by atoms with van der Waals surface area (Å²) in [6.07, 6.45) is 3.00. The lowest BCUT2D eigenvalue weighted by Crippen LogP contribution is -2.45. The van der Waals surface area contributed by atoms with Crippen LogP contribution in [-0.4, -0.2) is 40.5 Å². The molecule has 6 heteroatoms. The molecule has 0 bridgehead atoms. The van der Waals surface area contributed by atoms with E-state index >= 15 is 0 Å². The molecule has 0 fully saturated rings. The highest BCUT2D eigenvalue weighted by Crippen LogP contribution is 2.29. The van der Waals surface area contributed by atoms with Gasteiger partial charge in [0.2, 0.25) is 0 Å². The summed E-state index contributed by atoms with van der Waals surface area (Å²) in [4.78, 5) is 23.1. The van der Waals surface area contributed by atoms with E-state index in [2.05, 4.69) is 9.97 Å². The molecule has 0 aliphatic rings. The average Bonchev–Trinajstić information content (AvgIpc) is 2.58. The van der Waals surface area contributed by atoms with Crippen LogP contribution in [0, 0.1) is 6.92 Å². The van der Waals surface area contributed by atoms with Crippen LogP contribution in [0.4, 0.5) is 0 Å². The van der Waals surface area contributed by atoms with Crippen LogP contribution in [0.3, 0.4) is 0 Å². The second kappa shape index (κ2) is 7.51. The van der Waals surface area contributed by atoms with E-state index in [1.54, 1.807) is 25.3 Å². The summed E-state index contributed by atoms with van der Waals surface area (Å²) in [5.41, 5.74) is 1.64. The van der Waals surface area contributed by atoms with Crippen molar-refractivity contribution in [1.29, 1.82) is 0 Å². The lowest BCUT2D eigenvalue weighted by molar-refractivity contribution is 0.0555. The van der Waals surface area contributed by atoms with Crippen LogP contribution in [0.25, 0.3) is 0 Å². The number of rotatable bonds is 5. The van der Waals surface area contributed by atoms with Crippen molar-refractivity contribution in [2.45, 2.75) is 39.8 Å². The van der Waals surface area contributed by atoms with E-state index in [-0.39, 0.29) is 5.91 Å². The molecular formula is C19H25N3O3. The number of amides is 1. The number of carbonyl (C=O) groups excluding carboxylic acids is 1. The zero-order valence-corrected chi connectivity index (χ0v) is 15.7. The maximum atomic E-state index is 13.1. The lowest BCUT2D eigenvalue weighted by Gasteiger charge is -2.36. The van der Waals surface area contributed by atoms with E-state index in [4.69, 9.17) is 9.47 Å². The molecule has 0 spiro atoms. The van der Waals surface area contributed by atoms with Gasteiger partial charge in [0.15, 0.2) is 0 Å². The quantitative estimate of drug-likeness (QED) is 0.834. The first-order valence-corrected chi connectivity index (χ1v) is 8.07. The van der Waals surface area contributed by atoms with Crippen LogP contribution in [0.5, 0.6) is 11.5 Å². The van der Waals surface area contributed by atoms with E-state index in [1.807, 2.05) is 45.9 Å². The topological polar surface area (TPSA) is 64.6 Å². The van der Waals surface area contributed by atoms with Crippen molar-refractivity contribution in [3.05, 3.63) is 47.5 Å². The molecule has 1 heterocycles. The van der Waals surface area contributed by atoms with Crippen LogP contribution in [0.1, 0.15) is 42.4 Å². The van der Waals surface area contributed by atoms with Gasteiger partial charge in [0.1, 0.15) is 17.8 Å². The molecule has 0 aliphatic heterocycles. The molecule has 1 aromatic carbocycles. The monoisotopic (exact) mass is 343 g/mol. The van der Waals surface area contributed by atoms with Crippen LogP contribution in [-0.2, 0) is 6.54 Å². The van der Waals surface area contributed by atoms with E-state index < -0.39 is 5.54 Å². The molecule has 0 saturated carbocycles. The van der Waals surface area contributed by atoms with Crippen molar-refractivity contribution >= 4 is 5.91 Å². The zero-order valence-electron chi connectivity index (χ0n) is 15.7. The van der Waals surface area contributed by atoms with E-state index in [1.165, 1.54) is 6.33 Å². The molecule has 134 valence electrons. The molecule has 2 aromatic rings. The Bertz CT molecular complexity index is 754. The third-order valence-electron chi connectivity index (χ3n) is 4.01. The van der Waals surface area contributed by atoms with Gasteiger partial charge in [0.25, 0.3) is 5.91 Å². The molecule has 1 aromatic heterocycles. The fourth-order valence-corrected chi connectivity index (χ4v) is 2.54. The molecule has 0 unspecified atom stereocenters. The maximum absolute atomic E-state index is 13.1. The van der Waals surface area contributed by atoms with Gasteiger partial charge in [0.05, 0.1) is 32.0 Å². The Kier molecular flexibility index (Phi) is 5.62. The molecule has 0 radical (unpaired) electrons. The number of aromatic nitrogens is 2. The molecule has 2 rings (SSSR count). The molecule has 6 nitrogen and oxygen atoms in total. The predicted octanol–water partition coefficient (Wildman–Crippen LogP) is 3.24. The summed E-state index contributed by atoms with van der Waals surface area (Å²) in [7, 11) is 3.23. The molecule has 0 atom stereocenters. The minimum Gasteiger partial charge on any atom is -0.497 e.